The Labute approximate surface area is 153 Å². The van der Waals surface area contributed by atoms with Crippen LogP contribution in [0.5, 0.6) is 0 Å². The van der Waals surface area contributed by atoms with Gasteiger partial charge >= 0.3 is 6.09 Å². The molecule has 2 aromatic carbocycles. The monoisotopic (exact) mass is 353 g/mol. The first-order chi connectivity index (χ1) is 12.8. The number of hydrogen-bond acceptors (Lipinski definition) is 4. The Balaban J connectivity index is 1.50. The van der Waals surface area contributed by atoms with Gasteiger partial charge in [0.25, 0.3) is 0 Å². The molecule has 2 heterocycles. The highest BCUT2D eigenvalue weighted by Gasteiger charge is 2.46. The first kappa shape index (κ1) is 17.1. The van der Waals surface area contributed by atoms with Crippen LogP contribution in [-0.2, 0) is 20.8 Å². The molecule has 0 radical (unpaired) electrons. The van der Waals surface area contributed by atoms with Gasteiger partial charge in [-0.25, -0.2) is 4.79 Å². The van der Waals surface area contributed by atoms with E-state index in [0.717, 1.165) is 11.1 Å². The average Bonchev–Trinajstić information content (AvgIpc) is 3.15. The van der Waals surface area contributed by atoms with Crippen LogP contribution < -0.4 is 0 Å². The van der Waals surface area contributed by atoms with Gasteiger partial charge in [-0.1, -0.05) is 60.7 Å². The smallest absolute Gasteiger partial charge is 0.410 e. The molecule has 2 aliphatic heterocycles. The van der Waals surface area contributed by atoms with Crippen LogP contribution in [0.4, 0.5) is 4.79 Å². The molecule has 0 N–H and O–H groups in total. The number of likely N-dealkylation sites (tertiary alicyclic amines) is 1. The molecule has 5 heteroatoms. The lowest BCUT2D eigenvalue weighted by atomic mass is 9.91. The van der Waals surface area contributed by atoms with E-state index >= 15 is 0 Å². The third kappa shape index (κ3) is 3.59. The Bertz CT molecular complexity index is 728. The van der Waals surface area contributed by atoms with Crippen LogP contribution >= 0.6 is 0 Å². The number of ether oxygens (including phenoxy) is 3. The van der Waals surface area contributed by atoms with Crippen molar-refractivity contribution >= 4 is 6.09 Å². The molecule has 1 amide bonds. The van der Waals surface area contributed by atoms with E-state index < -0.39 is 5.79 Å². The van der Waals surface area contributed by atoms with Gasteiger partial charge < -0.3 is 19.1 Å². The Morgan fingerprint density at radius 3 is 2.38 bits per heavy atom. The van der Waals surface area contributed by atoms with Crippen LogP contribution in [0.1, 0.15) is 30.0 Å². The minimum absolute atomic E-state index is 0.119. The molecule has 0 aliphatic carbocycles. The van der Waals surface area contributed by atoms with Gasteiger partial charge in [0, 0.05) is 19.4 Å². The summed E-state index contributed by atoms with van der Waals surface area (Å²) in [7, 11) is 0. The third-order valence-corrected chi connectivity index (χ3v) is 5.05. The molecular formula is C21H23NO4. The van der Waals surface area contributed by atoms with Crippen LogP contribution in [0.2, 0.25) is 0 Å². The van der Waals surface area contributed by atoms with E-state index in [-0.39, 0.29) is 18.7 Å². The molecule has 0 aromatic heterocycles. The van der Waals surface area contributed by atoms with E-state index in [9.17, 15) is 4.79 Å². The number of carbonyl (C=O) groups is 1. The lowest BCUT2D eigenvalue weighted by Crippen LogP contribution is -2.49. The summed E-state index contributed by atoms with van der Waals surface area (Å²) in [4.78, 5) is 14.6. The van der Waals surface area contributed by atoms with Gasteiger partial charge in [-0.2, -0.15) is 0 Å². The topological polar surface area (TPSA) is 48.0 Å². The first-order valence-corrected chi connectivity index (χ1v) is 9.06. The molecule has 136 valence electrons. The summed E-state index contributed by atoms with van der Waals surface area (Å²) in [6, 6.07) is 19.6. The number of carbonyl (C=O) groups excluding carboxylic acids is 1. The number of benzene rings is 2. The second kappa shape index (κ2) is 7.48. The highest BCUT2D eigenvalue weighted by atomic mass is 16.7. The molecule has 0 bridgehead atoms. The molecule has 0 unspecified atom stereocenters. The summed E-state index contributed by atoms with van der Waals surface area (Å²) in [6.07, 6.45) is 0.990. The van der Waals surface area contributed by atoms with Crippen molar-refractivity contribution in [1.82, 2.24) is 4.90 Å². The summed E-state index contributed by atoms with van der Waals surface area (Å²) < 4.78 is 17.4. The molecule has 26 heavy (non-hydrogen) atoms. The average molecular weight is 353 g/mol. The van der Waals surface area contributed by atoms with Gasteiger partial charge in [0.2, 0.25) is 0 Å². The van der Waals surface area contributed by atoms with Gasteiger partial charge in [-0.3, -0.25) is 0 Å². The number of amides is 1. The maximum absolute atomic E-state index is 12.8. The van der Waals surface area contributed by atoms with Gasteiger partial charge in [-0.15, -0.1) is 0 Å². The van der Waals surface area contributed by atoms with Crippen molar-refractivity contribution in [2.75, 3.05) is 19.8 Å². The van der Waals surface area contributed by atoms with Crippen molar-refractivity contribution in [3.05, 3.63) is 71.8 Å². The third-order valence-electron chi connectivity index (χ3n) is 5.05. The predicted octanol–water partition coefficient (Wildman–Crippen LogP) is 3.90. The van der Waals surface area contributed by atoms with Crippen molar-refractivity contribution in [3.63, 3.8) is 0 Å². The number of hydrogen-bond donors (Lipinski definition) is 0. The van der Waals surface area contributed by atoms with Crippen LogP contribution in [0.25, 0.3) is 0 Å². The Morgan fingerprint density at radius 1 is 1.04 bits per heavy atom. The predicted molar refractivity (Wildman–Crippen MR) is 96.4 cm³/mol. The minimum atomic E-state index is -0.573. The van der Waals surface area contributed by atoms with Crippen molar-refractivity contribution in [1.29, 1.82) is 0 Å². The van der Waals surface area contributed by atoms with Crippen LogP contribution in [0.3, 0.4) is 0 Å². The lowest BCUT2D eigenvalue weighted by Gasteiger charge is -2.43. The van der Waals surface area contributed by atoms with Gasteiger partial charge in [0.1, 0.15) is 6.61 Å². The van der Waals surface area contributed by atoms with Gasteiger partial charge in [0.15, 0.2) is 5.79 Å². The number of rotatable bonds is 3. The molecule has 2 fully saturated rings. The van der Waals surface area contributed by atoms with Crippen molar-refractivity contribution in [2.45, 2.75) is 31.3 Å². The molecule has 2 aromatic rings. The zero-order valence-electron chi connectivity index (χ0n) is 14.7. The van der Waals surface area contributed by atoms with Crippen LogP contribution in [-0.4, -0.2) is 36.5 Å². The van der Waals surface area contributed by atoms with Crippen molar-refractivity contribution < 1.29 is 19.0 Å². The summed E-state index contributed by atoms with van der Waals surface area (Å²) in [5.74, 6) is -0.573. The van der Waals surface area contributed by atoms with Crippen molar-refractivity contribution in [2.24, 2.45) is 0 Å². The fraction of sp³-hybridized carbons (Fsp3) is 0.381. The zero-order valence-corrected chi connectivity index (χ0v) is 14.7. The summed E-state index contributed by atoms with van der Waals surface area (Å²) in [5.41, 5.74) is 2.05. The molecule has 2 saturated heterocycles. The molecule has 2 aliphatic rings. The minimum Gasteiger partial charge on any atom is -0.445 e. The van der Waals surface area contributed by atoms with Gasteiger partial charge in [-0.05, 0) is 11.1 Å². The Morgan fingerprint density at radius 2 is 1.69 bits per heavy atom. The highest BCUT2D eigenvalue weighted by molar-refractivity contribution is 5.68. The van der Waals surface area contributed by atoms with E-state index in [0.29, 0.717) is 32.6 Å². The largest absolute Gasteiger partial charge is 0.445 e. The van der Waals surface area contributed by atoms with E-state index in [1.807, 2.05) is 60.7 Å². The Kier molecular flexibility index (Phi) is 4.91. The summed E-state index contributed by atoms with van der Waals surface area (Å²) in [5, 5.41) is 0. The molecule has 1 atom stereocenters. The van der Waals surface area contributed by atoms with E-state index in [1.165, 1.54) is 0 Å². The van der Waals surface area contributed by atoms with Gasteiger partial charge in [0.05, 0.1) is 19.3 Å². The number of piperidine rings is 1. The molecular weight excluding hydrogens is 330 g/mol. The van der Waals surface area contributed by atoms with Crippen molar-refractivity contribution in [3.8, 4) is 0 Å². The molecule has 0 saturated carbocycles. The van der Waals surface area contributed by atoms with Crippen LogP contribution in [0, 0.1) is 0 Å². The maximum atomic E-state index is 12.8. The lowest BCUT2D eigenvalue weighted by molar-refractivity contribution is -0.194. The fourth-order valence-electron chi connectivity index (χ4n) is 3.71. The molecule has 4 rings (SSSR count). The van der Waals surface area contributed by atoms with E-state index in [1.54, 1.807) is 4.90 Å². The molecule has 5 nitrogen and oxygen atoms in total. The second-order valence-electron chi connectivity index (χ2n) is 6.72. The zero-order chi connectivity index (χ0) is 17.8. The SMILES string of the molecule is O=C(OCc1ccccc1)N1CCC2(C[C@H]1c1ccccc1)OCCO2. The molecule has 1 spiro atoms. The van der Waals surface area contributed by atoms with E-state index in [2.05, 4.69) is 0 Å². The second-order valence-corrected chi connectivity index (χ2v) is 6.72. The maximum Gasteiger partial charge on any atom is 0.410 e. The standard InChI is InChI=1S/C21H23NO4/c23-20(24-16-17-7-3-1-4-8-17)22-12-11-21(25-13-14-26-21)15-19(22)18-9-5-2-6-10-18/h1-10,19H,11-16H2/t19-/m0/s1. The quantitative estimate of drug-likeness (QED) is 0.840. The normalized spacial score (nSPS) is 21.7. The fourth-order valence-corrected chi connectivity index (χ4v) is 3.71. The Hall–Kier alpha value is -2.37. The number of nitrogens with zero attached hydrogens (tertiary/aromatic N) is 1. The van der Waals surface area contributed by atoms with Crippen LogP contribution in [0.15, 0.2) is 60.7 Å². The van der Waals surface area contributed by atoms with E-state index in [4.69, 9.17) is 14.2 Å². The highest BCUT2D eigenvalue weighted by Crippen LogP contribution is 2.41. The first-order valence-electron chi connectivity index (χ1n) is 9.06. The summed E-state index contributed by atoms with van der Waals surface area (Å²) in [6.45, 7) is 2.04. The summed E-state index contributed by atoms with van der Waals surface area (Å²) >= 11 is 0.